The van der Waals surface area contributed by atoms with Crippen LogP contribution in [0.25, 0.3) is 11.3 Å². The number of aromatic nitrogens is 4. The second kappa shape index (κ2) is 13.0. The number of rotatable bonds is 8. The van der Waals surface area contributed by atoms with Crippen LogP contribution in [0.5, 0.6) is 0 Å². The average Bonchev–Trinajstić information content (AvgIpc) is 3.66. The monoisotopic (exact) mass is 608 g/mol. The number of amides is 2. The number of nitrogens with one attached hydrogen (secondary N) is 1. The summed E-state index contributed by atoms with van der Waals surface area (Å²) < 4.78 is 59.8. The second-order valence-corrected chi connectivity index (χ2v) is 11.2. The molecule has 12 nitrogen and oxygen atoms in total. The van der Waals surface area contributed by atoms with Crippen molar-refractivity contribution in [3.8, 4) is 11.3 Å². The quantitative estimate of drug-likeness (QED) is 0.328. The second-order valence-electron chi connectivity index (χ2n) is 11.2. The zero-order chi connectivity index (χ0) is 30.8. The van der Waals surface area contributed by atoms with E-state index in [1.54, 1.807) is 4.90 Å². The lowest BCUT2D eigenvalue weighted by Crippen LogP contribution is -2.57. The molecule has 1 aromatic carbocycles. The van der Waals surface area contributed by atoms with E-state index >= 15 is 0 Å². The maximum Gasteiger partial charge on any atom is 0.317 e. The minimum atomic E-state index is -1.60. The Morgan fingerprint density at radius 3 is 2.49 bits per heavy atom. The number of hydrogen-bond donors (Lipinski definition) is 3. The minimum Gasteiger partial charge on any atom is -0.394 e. The summed E-state index contributed by atoms with van der Waals surface area (Å²) >= 11 is 0. The number of likely N-dealkylation sites (tertiary alicyclic amines) is 1. The summed E-state index contributed by atoms with van der Waals surface area (Å²) in [6.45, 7) is 4.50. The SMILES string of the molecule is CO[C@@H]1[C@@H](n2cc(-c3cc(F)c(F)c(F)c3)nn2)[C@@H](O)[C@@H](CO)O[C@@H]1Cc1cc(C2CCN(C(=O)NC(C)C)CC2)on1. The smallest absolute Gasteiger partial charge is 0.317 e. The first-order chi connectivity index (χ1) is 20.6. The van der Waals surface area contributed by atoms with Gasteiger partial charge in [-0.3, -0.25) is 0 Å². The molecule has 43 heavy (non-hydrogen) atoms. The molecule has 5 atom stereocenters. The van der Waals surface area contributed by atoms with Gasteiger partial charge in [0.2, 0.25) is 0 Å². The summed E-state index contributed by atoms with van der Waals surface area (Å²) in [5.74, 6) is -3.57. The van der Waals surface area contributed by atoms with Gasteiger partial charge in [0.1, 0.15) is 35.8 Å². The number of methoxy groups -OCH3 is 1. The summed E-state index contributed by atoms with van der Waals surface area (Å²) in [5, 5.41) is 36.1. The van der Waals surface area contributed by atoms with Crippen LogP contribution >= 0.6 is 0 Å². The van der Waals surface area contributed by atoms with E-state index in [4.69, 9.17) is 14.0 Å². The first-order valence-electron chi connectivity index (χ1n) is 14.1. The average molecular weight is 609 g/mol. The fourth-order valence-corrected chi connectivity index (χ4v) is 5.72. The highest BCUT2D eigenvalue weighted by atomic mass is 19.2. The standard InChI is InChI=1S/C28H35F3N6O6/c1-14(2)32-28(40)36-6-4-15(5-7-36)21-10-17(34-43-21)11-22-27(41-3)25(26(39)23(13-38)42-22)37-12-20(33-35-37)16-8-18(29)24(31)19(30)9-16/h8-10,12,14-15,22-23,25-27,38-39H,4-7,11,13H2,1-3H3,(H,32,40)/t22-,23-,25+,26+,27+/m1/s1. The number of aliphatic hydroxyl groups is 2. The molecule has 3 aromatic rings. The van der Waals surface area contributed by atoms with Gasteiger partial charge in [0.25, 0.3) is 0 Å². The van der Waals surface area contributed by atoms with Crippen LogP contribution < -0.4 is 5.32 Å². The molecule has 2 aliphatic heterocycles. The van der Waals surface area contributed by atoms with Crippen LogP contribution in [-0.4, -0.2) is 98.6 Å². The molecule has 234 valence electrons. The molecule has 0 radical (unpaired) electrons. The Kier molecular flexibility index (Phi) is 9.34. The molecule has 0 bridgehead atoms. The summed E-state index contributed by atoms with van der Waals surface area (Å²) in [4.78, 5) is 14.1. The van der Waals surface area contributed by atoms with E-state index in [0.717, 1.165) is 25.0 Å². The topological polar surface area (TPSA) is 148 Å². The highest BCUT2D eigenvalue weighted by Gasteiger charge is 2.47. The lowest BCUT2D eigenvalue weighted by atomic mass is 9.89. The minimum absolute atomic E-state index is 0.0392. The lowest BCUT2D eigenvalue weighted by molar-refractivity contribution is -0.212. The first kappa shape index (κ1) is 30.9. The number of piperidine rings is 1. The highest BCUT2D eigenvalue weighted by Crippen LogP contribution is 2.35. The molecule has 3 N–H and O–H groups in total. The molecule has 2 aromatic heterocycles. The van der Waals surface area contributed by atoms with E-state index in [1.165, 1.54) is 18.0 Å². The van der Waals surface area contributed by atoms with Crippen molar-refractivity contribution in [2.45, 2.75) is 75.5 Å². The number of aliphatic hydroxyl groups excluding tert-OH is 2. The maximum absolute atomic E-state index is 13.8. The summed E-state index contributed by atoms with van der Waals surface area (Å²) in [6, 6.07) is 2.49. The van der Waals surface area contributed by atoms with Crippen molar-refractivity contribution in [2.24, 2.45) is 0 Å². The van der Waals surface area contributed by atoms with Crippen LogP contribution in [0.2, 0.25) is 0 Å². The van der Waals surface area contributed by atoms with E-state index in [9.17, 15) is 28.2 Å². The Hall–Kier alpha value is -3.53. The third kappa shape index (κ3) is 6.54. The predicted octanol–water partition coefficient (Wildman–Crippen LogP) is 2.57. The number of benzene rings is 1. The first-order valence-corrected chi connectivity index (χ1v) is 14.1. The molecule has 0 saturated carbocycles. The van der Waals surface area contributed by atoms with Gasteiger partial charge >= 0.3 is 6.03 Å². The summed E-state index contributed by atoms with van der Waals surface area (Å²) in [5.41, 5.74) is 0.567. The van der Waals surface area contributed by atoms with Gasteiger partial charge in [-0.25, -0.2) is 22.6 Å². The molecule has 2 aliphatic rings. The zero-order valence-corrected chi connectivity index (χ0v) is 24.0. The molecule has 4 heterocycles. The number of carbonyl (C=O) groups is 1. The van der Waals surface area contributed by atoms with E-state index in [2.05, 4.69) is 20.8 Å². The largest absolute Gasteiger partial charge is 0.394 e. The zero-order valence-electron chi connectivity index (χ0n) is 24.0. The molecule has 0 unspecified atom stereocenters. The van der Waals surface area contributed by atoms with Gasteiger partial charge in [0.05, 0.1) is 24.6 Å². The van der Waals surface area contributed by atoms with Crippen molar-refractivity contribution in [1.29, 1.82) is 0 Å². The van der Waals surface area contributed by atoms with Gasteiger partial charge in [0, 0.05) is 50.2 Å². The van der Waals surface area contributed by atoms with Crippen molar-refractivity contribution >= 4 is 6.03 Å². The predicted molar refractivity (Wildman–Crippen MR) is 144 cm³/mol. The maximum atomic E-state index is 13.8. The number of carbonyl (C=O) groups excluding carboxylic acids is 1. The molecular formula is C28H35F3N6O6. The Labute approximate surface area is 245 Å². The van der Waals surface area contributed by atoms with Crippen molar-refractivity contribution in [2.75, 3.05) is 26.8 Å². The molecule has 2 amide bonds. The number of hydrogen-bond acceptors (Lipinski definition) is 9. The van der Waals surface area contributed by atoms with E-state index in [-0.39, 0.29) is 35.7 Å². The Bertz CT molecular complexity index is 1390. The molecule has 2 saturated heterocycles. The van der Waals surface area contributed by atoms with Crippen molar-refractivity contribution < 1.29 is 42.2 Å². The lowest BCUT2D eigenvalue weighted by Gasteiger charge is -2.43. The Balaban J connectivity index is 1.31. The molecule has 0 aliphatic carbocycles. The van der Waals surface area contributed by atoms with Gasteiger partial charge in [-0.1, -0.05) is 10.4 Å². The normalized spacial score (nSPS) is 25.0. The van der Waals surface area contributed by atoms with Gasteiger partial charge in [-0.05, 0) is 38.8 Å². The number of nitrogens with zero attached hydrogens (tertiary/aromatic N) is 5. The molecule has 2 fully saturated rings. The van der Waals surface area contributed by atoms with Crippen molar-refractivity contribution in [3.63, 3.8) is 0 Å². The van der Waals surface area contributed by atoms with Crippen LogP contribution in [0.1, 0.15) is 50.1 Å². The van der Waals surface area contributed by atoms with Gasteiger partial charge < -0.3 is 34.4 Å². The molecular weight excluding hydrogens is 573 g/mol. The van der Waals surface area contributed by atoms with Gasteiger partial charge in [0.15, 0.2) is 17.5 Å². The Morgan fingerprint density at radius 1 is 1.16 bits per heavy atom. The summed E-state index contributed by atoms with van der Waals surface area (Å²) in [7, 11) is 1.43. The third-order valence-corrected chi connectivity index (χ3v) is 7.92. The fourth-order valence-electron chi connectivity index (χ4n) is 5.72. The highest BCUT2D eigenvalue weighted by molar-refractivity contribution is 5.74. The van der Waals surface area contributed by atoms with Crippen LogP contribution in [0.15, 0.2) is 28.9 Å². The van der Waals surface area contributed by atoms with Crippen molar-refractivity contribution in [1.82, 2.24) is 30.4 Å². The summed E-state index contributed by atoms with van der Waals surface area (Å²) in [6.07, 6.45) is -0.801. The van der Waals surface area contributed by atoms with Crippen LogP contribution in [-0.2, 0) is 15.9 Å². The van der Waals surface area contributed by atoms with Crippen LogP contribution in [0, 0.1) is 17.5 Å². The third-order valence-electron chi connectivity index (χ3n) is 7.92. The Morgan fingerprint density at radius 2 is 1.86 bits per heavy atom. The van der Waals surface area contributed by atoms with Gasteiger partial charge in [-0.2, -0.15) is 0 Å². The van der Waals surface area contributed by atoms with E-state index in [0.29, 0.717) is 24.5 Å². The van der Waals surface area contributed by atoms with Crippen LogP contribution in [0.4, 0.5) is 18.0 Å². The van der Waals surface area contributed by atoms with Gasteiger partial charge in [-0.15, -0.1) is 5.10 Å². The molecule has 5 rings (SSSR count). The molecule has 0 spiro atoms. The van der Waals surface area contributed by atoms with E-state index in [1.807, 2.05) is 19.9 Å². The molecule has 15 heteroatoms. The number of ether oxygens (including phenoxy) is 2. The fraction of sp³-hybridized carbons (Fsp3) is 0.571. The number of urea groups is 1. The van der Waals surface area contributed by atoms with E-state index < -0.39 is 54.5 Å². The number of halogens is 3. The van der Waals surface area contributed by atoms with Crippen LogP contribution in [0.3, 0.4) is 0 Å². The van der Waals surface area contributed by atoms with Crippen molar-refractivity contribution in [3.05, 3.63) is 53.3 Å².